The number of anilines is 2. The van der Waals surface area contributed by atoms with Gasteiger partial charge in [-0.05, 0) is 86.8 Å². The Morgan fingerprint density at radius 2 is 1.79 bits per heavy atom. The number of benzene rings is 2. The molecule has 0 aromatic heterocycles. The Morgan fingerprint density at radius 3 is 2.54 bits per heavy atom. The molecule has 0 saturated carbocycles. The first-order valence-electron chi connectivity index (χ1n) is 9.76. The summed E-state index contributed by atoms with van der Waals surface area (Å²) in [5, 5.41) is 2.71. The Morgan fingerprint density at radius 1 is 1.04 bits per heavy atom. The van der Waals surface area contributed by atoms with E-state index >= 15 is 0 Å². The van der Waals surface area contributed by atoms with Gasteiger partial charge in [-0.2, -0.15) is 0 Å². The highest BCUT2D eigenvalue weighted by Crippen LogP contribution is 2.27. The molecule has 0 atom stereocenters. The summed E-state index contributed by atoms with van der Waals surface area (Å²) in [5.41, 5.74) is 3.14. The van der Waals surface area contributed by atoms with Crippen LogP contribution in [0.2, 0.25) is 0 Å². The van der Waals surface area contributed by atoms with Gasteiger partial charge in [0.1, 0.15) is 0 Å². The van der Waals surface area contributed by atoms with Gasteiger partial charge in [-0.25, -0.2) is 8.42 Å². The third kappa shape index (κ3) is 4.36. The molecular formula is C21H25N3O3S. The molecule has 1 saturated heterocycles. The maximum Gasteiger partial charge on any atom is 0.261 e. The van der Waals surface area contributed by atoms with E-state index in [1.165, 1.54) is 37.6 Å². The second-order valence-corrected chi connectivity index (χ2v) is 9.18. The lowest BCUT2D eigenvalue weighted by molar-refractivity contribution is -0.115. The minimum Gasteiger partial charge on any atom is -0.326 e. The van der Waals surface area contributed by atoms with Crippen LogP contribution in [0.3, 0.4) is 0 Å². The number of carbonyl (C=O) groups excluding carboxylic acids is 1. The second kappa shape index (κ2) is 7.93. The van der Waals surface area contributed by atoms with E-state index in [1.54, 1.807) is 24.3 Å². The molecule has 6 nitrogen and oxygen atoms in total. The standard InChI is InChI=1S/C21H25N3O3S/c25-21-15-17-14-19(9-10-20(17)22-21)28(26,27)23-18-7-5-16(6-8-18)4-3-13-24-11-1-2-12-24/h5-10,14,23H,1-4,11-13,15H2,(H,22,25). The first-order valence-corrected chi connectivity index (χ1v) is 11.2. The van der Waals surface area contributed by atoms with Crippen LogP contribution in [0.4, 0.5) is 11.4 Å². The number of rotatable bonds is 7. The lowest BCUT2D eigenvalue weighted by Gasteiger charge is -2.14. The van der Waals surface area contributed by atoms with Gasteiger partial charge in [0.25, 0.3) is 10.0 Å². The third-order valence-corrected chi connectivity index (χ3v) is 6.74. The van der Waals surface area contributed by atoms with Gasteiger partial charge in [-0.3, -0.25) is 9.52 Å². The van der Waals surface area contributed by atoms with E-state index in [9.17, 15) is 13.2 Å². The summed E-state index contributed by atoms with van der Waals surface area (Å²) < 4.78 is 28.0. The van der Waals surface area contributed by atoms with Crippen molar-refractivity contribution in [3.63, 3.8) is 0 Å². The molecule has 148 valence electrons. The molecule has 0 radical (unpaired) electrons. The van der Waals surface area contributed by atoms with E-state index in [2.05, 4.69) is 14.9 Å². The number of hydrogen-bond donors (Lipinski definition) is 2. The molecule has 2 aromatic carbocycles. The molecule has 2 heterocycles. The Labute approximate surface area is 166 Å². The SMILES string of the molecule is O=C1Cc2cc(S(=O)(=O)Nc3ccc(CCCN4CCCC4)cc3)ccc2N1. The minimum absolute atomic E-state index is 0.113. The van der Waals surface area contributed by atoms with Crippen molar-refractivity contribution in [2.24, 2.45) is 0 Å². The normalized spacial score (nSPS) is 16.8. The Balaban J connectivity index is 1.36. The monoisotopic (exact) mass is 399 g/mol. The number of fused-ring (bicyclic) bond motifs is 1. The quantitative estimate of drug-likeness (QED) is 0.750. The van der Waals surface area contributed by atoms with Crippen molar-refractivity contribution in [1.82, 2.24) is 4.90 Å². The average Bonchev–Trinajstić information content (AvgIpc) is 3.30. The summed E-state index contributed by atoms with van der Waals surface area (Å²) in [6, 6.07) is 12.3. The molecule has 2 N–H and O–H groups in total. The topological polar surface area (TPSA) is 78.5 Å². The first-order chi connectivity index (χ1) is 13.5. The molecule has 1 amide bonds. The molecule has 2 aliphatic rings. The number of amides is 1. The molecule has 0 unspecified atom stereocenters. The average molecular weight is 400 g/mol. The molecule has 2 aromatic rings. The lowest BCUT2D eigenvalue weighted by atomic mass is 10.1. The van der Waals surface area contributed by atoms with Gasteiger partial charge >= 0.3 is 0 Å². The fourth-order valence-corrected chi connectivity index (χ4v) is 4.95. The van der Waals surface area contributed by atoms with E-state index in [4.69, 9.17) is 0 Å². The fraction of sp³-hybridized carbons (Fsp3) is 0.381. The predicted octanol–water partition coefficient (Wildman–Crippen LogP) is 3.01. The number of likely N-dealkylation sites (tertiary alicyclic amines) is 1. The van der Waals surface area contributed by atoms with E-state index in [-0.39, 0.29) is 17.2 Å². The summed E-state index contributed by atoms with van der Waals surface area (Å²) in [5.74, 6) is -0.113. The lowest BCUT2D eigenvalue weighted by Crippen LogP contribution is -2.20. The van der Waals surface area contributed by atoms with Gasteiger partial charge in [-0.1, -0.05) is 12.1 Å². The summed E-state index contributed by atoms with van der Waals surface area (Å²) in [6.07, 6.45) is 4.95. The fourth-order valence-electron chi connectivity index (χ4n) is 3.84. The van der Waals surface area contributed by atoms with Crippen molar-refractivity contribution < 1.29 is 13.2 Å². The van der Waals surface area contributed by atoms with Crippen LogP contribution in [-0.2, 0) is 27.7 Å². The molecule has 28 heavy (non-hydrogen) atoms. The van der Waals surface area contributed by atoms with Crippen molar-refractivity contribution in [1.29, 1.82) is 0 Å². The van der Waals surface area contributed by atoms with Gasteiger partial charge in [-0.15, -0.1) is 0 Å². The molecule has 0 bridgehead atoms. The number of hydrogen-bond acceptors (Lipinski definition) is 4. The number of nitrogens with zero attached hydrogens (tertiary/aromatic N) is 1. The molecule has 0 aliphatic carbocycles. The highest BCUT2D eigenvalue weighted by molar-refractivity contribution is 7.92. The van der Waals surface area contributed by atoms with Crippen LogP contribution in [0.25, 0.3) is 0 Å². The van der Waals surface area contributed by atoms with Gasteiger partial charge in [0, 0.05) is 11.4 Å². The van der Waals surface area contributed by atoms with Crippen molar-refractivity contribution in [3.05, 3.63) is 53.6 Å². The third-order valence-electron chi connectivity index (χ3n) is 5.36. The van der Waals surface area contributed by atoms with Gasteiger partial charge < -0.3 is 10.2 Å². The Kier molecular flexibility index (Phi) is 5.37. The van der Waals surface area contributed by atoms with Crippen LogP contribution < -0.4 is 10.0 Å². The number of nitrogens with one attached hydrogen (secondary N) is 2. The summed E-state index contributed by atoms with van der Waals surface area (Å²) in [4.78, 5) is 14.1. The zero-order chi connectivity index (χ0) is 19.6. The second-order valence-electron chi connectivity index (χ2n) is 7.50. The van der Waals surface area contributed by atoms with Crippen LogP contribution in [-0.4, -0.2) is 38.9 Å². The first kappa shape index (κ1) is 19.0. The largest absolute Gasteiger partial charge is 0.326 e. The van der Waals surface area contributed by atoms with Crippen LogP contribution in [0.5, 0.6) is 0 Å². The van der Waals surface area contributed by atoms with E-state index in [0.29, 0.717) is 16.9 Å². The van der Waals surface area contributed by atoms with E-state index < -0.39 is 10.0 Å². The summed E-state index contributed by atoms with van der Waals surface area (Å²) >= 11 is 0. The van der Waals surface area contributed by atoms with Gasteiger partial charge in [0.2, 0.25) is 5.91 Å². The van der Waals surface area contributed by atoms with Crippen LogP contribution >= 0.6 is 0 Å². The van der Waals surface area contributed by atoms with Gasteiger partial charge in [0.05, 0.1) is 11.3 Å². The van der Waals surface area contributed by atoms with Crippen LogP contribution in [0, 0.1) is 0 Å². The number of aryl methyl sites for hydroxylation is 1. The molecular weight excluding hydrogens is 374 g/mol. The van der Waals surface area contributed by atoms with E-state index in [0.717, 1.165) is 19.4 Å². The molecule has 0 spiro atoms. The molecule has 2 aliphatic heterocycles. The van der Waals surface area contributed by atoms with Crippen molar-refractivity contribution in [3.8, 4) is 0 Å². The van der Waals surface area contributed by atoms with Gasteiger partial charge in [0.15, 0.2) is 0 Å². The summed E-state index contributed by atoms with van der Waals surface area (Å²) in [7, 11) is -3.69. The smallest absolute Gasteiger partial charge is 0.261 e. The maximum absolute atomic E-state index is 12.7. The zero-order valence-electron chi connectivity index (χ0n) is 15.8. The zero-order valence-corrected chi connectivity index (χ0v) is 16.6. The van der Waals surface area contributed by atoms with Crippen LogP contribution in [0.1, 0.15) is 30.4 Å². The predicted molar refractivity (Wildman–Crippen MR) is 110 cm³/mol. The highest BCUT2D eigenvalue weighted by Gasteiger charge is 2.22. The van der Waals surface area contributed by atoms with Crippen molar-refractivity contribution >= 4 is 27.3 Å². The molecule has 7 heteroatoms. The van der Waals surface area contributed by atoms with Crippen molar-refractivity contribution in [2.75, 3.05) is 29.7 Å². The Hall–Kier alpha value is -2.38. The Bertz CT molecular complexity index is 965. The van der Waals surface area contributed by atoms with Crippen LogP contribution in [0.15, 0.2) is 47.4 Å². The maximum atomic E-state index is 12.7. The minimum atomic E-state index is -3.69. The van der Waals surface area contributed by atoms with Crippen molar-refractivity contribution in [2.45, 2.75) is 37.0 Å². The number of carbonyl (C=O) groups is 1. The summed E-state index contributed by atoms with van der Waals surface area (Å²) in [6.45, 7) is 3.56. The molecule has 4 rings (SSSR count). The number of sulfonamides is 1. The highest BCUT2D eigenvalue weighted by atomic mass is 32.2. The van der Waals surface area contributed by atoms with E-state index in [1.807, 2.05) is 12.1 Å². The molecule has 1 fully saturated rings.